The maximum Gasteiger partial charge on any atom is 0.136 e. The molecule has 0 aliphatic carbocycles. The van der Waals surface area contributed by atoms with Crippen molar-refractivity contribution in [1.82, 2.24) is 5.32 Å². The number of hydrogen-bond acceptors (Lipinski definition) is 4. The van der Waals surface area contributed by atoms with Gasteiger partial charge in [0.05, 0.1) is 12.7 Å². The summed E-state index contributed by atoms with van der Waals surface area (Å²) in [5.41, 5.74) is 1.55. The van der Waals surface area contributed by atoms with Crippen molar-refractivity contribution in [1.29, 1.82) is 5.26 Å². The highest BCUT2D eigenvalue weighted by Crippen LogP contribution is 2.18. The van der Waals surface area contributed by atoms with E-state index in [1.165, 1.54) is 0 Å². The van der Waals surface area contributed by atoms with Crippen molar-refractivity contribution >= 4 is 10.8 Å². The van der Waals surface area contributed by atoms with E-state index in [9.17, 15) is 4.21 Å². The predicted molar refractivity (Wildman–Crippen MR) is 72.9 cm³/mol. The molecule has 5 heteroatoms. The molecule has 0 heterocycles. The molecule has 1 aromatic carbocycles. The predicted octanol–water partition coefficient (Wildman–Crippen LogP) is 1.42. The Morgan fingerprint density at radius 2 is 2.28 bits per heavy atom. The molecule has 0 saturated carbocycles. The quantitative estimate of drug-likeness (QED) is 0.846. The van der Waals surface area contributed by atoms with Crippen LogP contribution in [0.25, 0.3) is 0 Å². The monoisotopic (exact) mass is 266 g/mol. The Balaban J connectivity index is 2.59. The third kappa shape index (κ3) is 4.13. The Hall–Kier alpha value is -1.38. The molecular formula is C13H18N2O2S. The van der Waals surface area contributed by atoms with Gasteiger partial charge in [0.1, 0.15) is 11.8 Å². The average Bonchev–Trinajstić information content (AvgIpc) is 2.38. The van der Waals surface area contributed by atoms with Gasteiger partial charge in [0, 0.05) is 35.4 Å². The van der Waals surface area contributed by atoms with E-state index in [4.69, 9.17) is 10.00 Å². The lowest BCUT2D eigenvalue weighted by molar-refractivity contribution is 0.413. The van der Waals surface area contributed by atoms with Gasteiger partial charge in [-0.15, -0.1) is 0 Å². The van der Waals surface area contributed by atoms with Crippen LogP contribution in [0.5, 0.6) is 5.75 Å². The summed E-state index contributed by atoms with van der Waals surface area (Å²) in [6, 6.07) is 7.61. The molecule has 0 amide bonds. The van der Waals surface area contributed by atoms with E-state index in [-0.39, 0.29) is 5.25 Å². The molecule has 2 atom stereocenters. The summed E-state index contributed by atoms with van der Waals surface area (Å²) in [5.74, 6) is 0.587. The molecule has 0 aliphatic rings. The third-order valence-corrected chi connectivity index (χ3v) is 4.01. The van der Waals surface area contributed by atoms with E-state index in [0.717, 1.165) is 5.56 Å². The van der Waals surface area contributed by atoms with Crippen LogP contribution in [0.15, 0.2) is 18.2 Å². The fourth-order valence-corrected chi connectivity index (χ4v) is 1.84. The van der Waals surface area contributed by atoms with Crippen LogP contribution in [-0.2, 0) is 17.3 Å². The lowest BCUT2D eigenvalue weighted by Crippen LogP contribution is -2.27. The fraction of sp³-hybridized carbons (Fsp3) is 0.462. The molecule has 0 bridgehead atoms. The van der Waals surface area contributed by atoms with Gasteiger partial charge in [-0.1, -0.05) is 6.07 Å². The topological polar surface area (TPSA) is 62.1 Å². The molecule has 1 rings (SSSR count). The second kappa shape index (κ2) is 7.14. The normalized spacial score (nSPS) is 13.7. The summed E-state index contributed by atoms with van der Waals surface area (Å²) in [4.78, 5) is 0. The average molecular weight is 266 g/mol. The number of methoxy groups -OCH3 is 1. The number of ether oxygens (including phenoxy) is 1. The Morgan fingerprint density at radius 1 is 1.56 bits per heavy atom. The Bertz CT molecular complexity index is 469. The minimum absolute atomic E-state index is 0.124. The highest BCUT2D eigenvalue weighted by Gasteiger charge is 2.06. The molecule has 1 N–H and O–H groups in total. The first-order valence-corrected chi connectivity index (χ1v) is 7.30. The molecule has 0 aliphatic heterocycles. The maximum absolute atomic E-state index is 11.2. The van der Waals surface area contributed by atoms with Gasteiger partial charge in [-0.25, -0.2) is 0 Å². The van der Waals surface area contributed by atoms with Gasteiger partial charge in [-0.05, 0) is 24.6 Å². The second-order valence-electron chi connectivity index (χ2n) is 4.09. The zero-order valence-corrected chi connectivity index (χ0v) is 11.7. The van der Waals surface area contributed by atoms with E-state index in [1.54, 1.807) is 25.5 Å². The zero-order valence-electron chi connectivity index (χ0n) is 10.9. The van der Waals surface area contributed by atoms with Gasteiger partial charge in [0.2, 0.25) is 0 Å². The molecular weight excluding hydrogens is 248 g/mol. The smallest absolute Gasteiger partial charge is 0.136 e. The van der Waals surface area contributed by atoms with Crippen LogP contribution in [0, 0.1) is 11.3 Å². The molecule has 98 valence electrons. The first-order valence-electron chi connectivity index (χ1n) is 5.68. The van der Waals surface area contributed by atoms with Crippen LogP contribution in [0.4, 0.5) is 0 Å². The van der Waals surface area contributed by atoms with Crippen LogP contribution in [-0.4, -0.2) is 29.4 Å². The third-order valence-electron chi connectivity index (χ3n) is 2.71. The fourth-order valence-electron chi connectivity index (χ4n) is 1.49. The first kappa shape index (κ1) is 14.7. The largest absolute Gasteiger partial charge is 0.495 e. The number of nitrogens with zero attached hydrogens (tertiary/aromatic N) is 1. The molecule has 2 unspecified atom stereocenters. The minimum atomic E-state index is -0.814. The van der Waals surface area contributed by atoms with Crippen molar-refractivity contribution in [3.63, 3.8) is 0 Å². The maximum atomic E-state index is 11.2. The summed E-state index contributed by atoms with van der Waals surface area (Å²) in [5, 5.41) is 12.3. The van der Waals surface area contributed by atoms with Gasteiger partial charge >= 0.3 is 0 Å². The number of rotatable bonds is 6. The summed E-state index contributed by atoms with van der Waals surface area (Å²) in [6.45, 7) is 3.29. The standard InChI is InChI=1S/C13H18N2O2S/c1-10(18(3)16)8-15-9-11-4-5-13(17-2)12(6-11)7-14/h4-6,10,15H,8-9H2,1-3H3. The van der Waals surface area contributed by atoms with Crippen LogP contribution in [0.1, 0.15) is 18.1 Å². The number of nitrogens with one attached hydrogen (secondary N) is 1. The SMILES string of the molecule is COc1ccc(CNCC(C)S(C)=O)cc1C#N. The van der Waals surface area contributed by atoms with E-state index in [2.05, 4.69) is 11.4 Å². The van der Waals surface area contributed by atoms with Crippen LogP contribution in [0.3, 0.4) is 0 Å². The van der Waals surface area contributed by atoms with Crippen LogP contribution in [0.2, 0.25) is 0 Å². The Kier molecular flexibility index (Phi) is 5.83. The zero-order chi connectivity index (χ0) is 13.5. The van der Waals surface area contributed by atoms with E-state index in [1.807, 2.05) is 13.0 Å². The molecule has 18 heavy (non-hydrogen) atoms. The van der Waals surface area contributed by atoms with Crippen molar-refractivity contribution in [2.24, 2.45) is 0 Å². The first-order chi connectivity index (χ1) is 8.58. The second-order valence-corrected chi connectivity index (χ2v) is 5.89. The minimum Gasteiger partial charge on any atom is -0.495 e. The van der Waals surface area contributed by atoms with Crippen molar-refractivity contribution in [3.8, 4) is 11.8 Å². The highest BCUT2D eigenvalue weighted by atomic mass is 32.2. The van der Waals surface area contributed by atoms with Crippen molar-refractivity contribution in [2.45, 2.75) is 18.7 Å². The lowest BCUT2D eigenvalue weighted by atomic mass is 10.1. The van der Waals surface area contributed by atoms with Gasteiger partial charge in [0.25, 0.3) is 0 Å². The molecule has 1 aromatic rings. The number of benzene rings is 1. The van der Waals surface area contributed by atoms with Crippen molar-refractivity contribution in [2.75, 3.05) is 19.9 Å². The summed E-state index contributed by atoms with van der Waals surface area (Å²) < 4.78 is 16.3. The van der Waals surface area contributed by atoms with E-state index in [0.29, 0.717) is 24.4 Å². The molecule has 0 aromatic heterocycles. The summed E-state index contributed by atoms with van der Waals surface area (Å²) >= 11 is 0. The lowest BCUT2D eigenvalue weighted by Gasteiger charge is -2.10. The molecule has 4 nitrogen and oxygen atoms in total. The highest BCUT2D eigenvalue weighted by molar-refractivity contribution is 7.84. The molecule has 0 radical (unpaired) electrons. The van der Waals surface area contributed by atoms with Gasteiger partial charge in [0.15, 0.2) is 0 Å². The van der Waals surface area contributed by atoms with Crippen LogP contribution >= 0.6 is 0 Å². The molecule has 0 spiro atoms. The van der Waals surface area contributed by atoms with Gasteiger partial charge in [-0.2, -0.15) is 5.26 Å². The molecule has 0 fully saturated rings. The van der Waals surface area contributed by atoms with Crippen molar-refractivity contribution in [3.05, 3.63) is 29.3 Å². The van der Waals surface area contributed by atoms with E-state index < -0.39 is 10.8 Å². The number of nitriles is 1. The summed E-state index contributed by atoms with van der Waals surface area (Å²) in [7, 11) is 0.734. The Morgan fingerprint density at radius 3 is 2.83 bits per heavy atom. The summed E-state index contributed by atoms with van der Waals surface area (Å²) in [6.07, 6.45) is 1.70. The van der Waals surface area contributed by atoms with Crippen LogP contribution < -0.4 is 10.1 Å². The van der Waals surface area contributed by atoms with Crippen molar-refractivity contribution < 1.29 is 8.95 Å². The van der Waals surface area contributed by atoms with Gasteiger partial charge < -0.3 is 10.1 Å². The number of hydrogen-bond donors (Lipinski definition) is 1. The van der Waals surface area contributed by atoms with E-state index >= 15 is 0 Å². The molecule has 0 saturated heterocycles. The van der Waals surface area contributed by atoms with Gasteiger partial charge in [-0.3, -0.25) is 4.21 Å². The Labute approximate surface area is 110 Å².